The van der Waals surface area contributed by atoms with Crippen molar-refractivity contribution >= 4 is 11.5 Å². The first kappa shape index (κ1) is 13.2. The molecule has 3 rings (SSSR count). The van der Waals surface area contributed by atoms with Gasteiger partial charge in [-0.3, -0.25) is 0 Å². The van der Waals surface area contributed by atoms with E-state index >= 15 is 0 Å². The molecular weight excluding hydrogens is 260 g/mol. The second kappa shape index (κ2) is 6.09. The highest BCUT2D eigenvalue weighted by molar-refractivity contribution is 5.80. The number of rotatable bonds is 4. The van der Waals surface area contributed by atoms with Crippen LogP contribution in [0.25, 0.3) is 11.1 Å². The topological polar surface area (TPSA) is 34.1 Å². The Morgan fingerprint density at radius 3 is 2.33 bits per heavy atom. The van der Waals surface area contributed by atoms with Crippen LogP contribution in [-0.4, -0.2) is 12.1 Å². The van der Waals surface area contributed by atoms with Crippen LogP contribution < -0.4 is 10.1 Å². The highest BCUT2D eigenvalue weighted by atomic mass is 16.5. The van der Waals surface area contributed by atoms with Crippen LogP contribution in [0.2, 0.25) is 0 Å². The normalized spacial score (nSPS) is 10.1. The van der Waals surface area contributed by atoms with Crippen molar-refractivity contribution in [2.24, 2.45) is 0 Å². The van der Waals surface area contributed by atoms with E-state index in [4.69, 9.17) is 4.74 Å². The van der Waals surface area contributed by atoms with Gasteiger partial charge in [0.25, 0.3) is 0 Å². The zero-order chi connectivity index (χ0) is 14.5. The number of ether oxygens (including phenoxy) is 1. The van der Waals surface area contributed by atoms with Crippen molar-refractivity contribution in [1.82, 2.24) is 4.98 Å². The molecule has 0 aliphatic rings. The molecule has 1 aromatic heterocycles. The summed E-state index contributed by atoms with van der Waals surface area (Å²) < 4.78 is 5.21. The minimum Gasteiger partial charge on any atom is -0.497 e. The highest BCUT2D eigenvalue weighted by Gasteiger charge is 2.05. The van der Waals surface area contributed by atoms with Crippen LogP contribution in [0.3, 0.4) is 0 Å². The van der Waals surface area contributed by atoms with Crippen LogP contribution in [0.5, 0.6) is 5.75 Å². The molecule has 0 aliphatic heterocycles. The van der Waals surface area contributed by atoms with Gasteiger partial charge in [-0.1, -0.05) is 36.4 Å². The van der Waals surface area contributed by atoms with Gasteiger partial charge in [0.2, 0.25) is 0 Å². The van der Waals surface area contributed by atoms with Gasteiger partial charge in [0.15, 0.2) is 0 Å². The number of hydrogen-bond donors (Lipinski definition) is 1. The fourth-order valence-corrected chi connectivity index (χ4v) is 2.19. The fourth-order valence-electron chi connectivity index (χ4n) is 2.19. The molecule has 0 atom stereocenters. The number of hydrogen-bond acceptors (Lipinski definition) is 3. The molecule has 0 bridgehead atoms. The maximum absolute atomic E-state index is 5.21. The molecule has 0 fully saturated rings. The van der Waals surface area contributed by atoms with Gasteiger partial charge < -0.3 is 10.1 Å². The second-order valence-corrected chi connectivity index (χ2v) is 4.61. The van der Waals surface area contributed by atoms with Gasteiger partial charge in [0, 0.05) is 17.4 Å². The van der Waals surface area contributed by atoms with Gasteiger partial charge in [-0.05, 0) is 35.9 Å². The first-order chi connectivity index (χ1) is 10.4. The summed E-state index contributed by atoms with van der Waals surface area (Å²) in [6.07, 6.45) is 1.78. The van der Waals surface area contributed by atoms with E-state index in [1.807, 2.05) is 48.5 Å². The van der Waals surface area contributed by atoms with Crippen LogP contribution in [-0.2, 0) is 0 Å². The number of pyridine rings is 1. The summed E-state index contributed by atoms with van der Waals surface area (Å²) in [4.78, 5) is 4.31. The first-order valence-electron chi connectivity index (χ1n) is 6.78. The molecule has 0 spiro atoms. The van der Waals surface area contributed by atoms with Crippen molar-refractivity contribution in [1.29, 1.82) is 0 Å². The largest absolute Gasteiger partial charge is 0.497 e. The molecule has 3 aromatic rings. The van der Waals surface area contributed by atoms with Crippen LogP contribution in [0.15, 0.2) is 72.9 Å². The smallest absolute Gasteiger partial charge is 0.130 e. The van der Waals surface area contributed by atoms with E-state index in [0.717, 1.165) is 28.4 Å². The van der Waals surface area contributed by atoms with E-state index in [-0.39, 0.29) is 0 Å². The van der Waals surface area contributed by atoms with Gasteiger partial charge in [-0.15, -0.1) is 0 Å². The molecule has 0 saturated heterocycles. The molecule has 0 radical (unpaired) electrons. The van der Waals surface area contributed by atoms with Gasteiger partial charge in [-0.2, -0.15) is 0 Å². The van der Waals surface area contributed by atoms with Gasteiger partial charge in [0.05, 0.1) is 7.11 Å². The first-order valence-corrected chi connectivity index (χ1v) is 6.78. The lowest BCUT2D eigenvalue weighted by Gasteiger charge is -2.12. The lowest BCUT2D eigenvalue weighted by Crippen LogP contribution is -1.95. The quantitative estimate of drug-likeness (QED) is 0.761. The second-order valence-electron chi connectivity index (χ2n) is 4.61. The van der Waals surface area contributed by atoms with E-state index in [1.54, 1.807) is 13.3 Å². The van der Waals surface area contributed by atoms with Crippen LogP contribution in [0, 0.1) is 0 Å². The molecule has 21 heavy (non-hydrogen) atoms. The summed E-state index contributed by atoms with van der Waals surface area (Å²) >= 11 is 0. The Balaban J connectivity index is 1.95. The van der Waals surface area contributed by atoms with Gasteiger partial charge >= 0.3 is 0 Å². The summed E-state index contributed by atoms with van der Waals surface area (Å²) in [5, 5.41) is 3.36. The van der Waals surface area contributed by atoms with Crippen molar-refractivity contribution < 1.29 is 4.74 Å². The Hall–Kier alpha value is -2.81. The molecule has 3 nitrogen and oxygen atoms in total. The van der Waals surface area contributed by atoms with Crippen molar-refractivity contribution in [3.05, 3.63) is 72.9 Å². The monoisotopic (exact) mass is 276 g/mol. The molecule has 0 saturated carbocycles. The summed E-state index contributed by atoms with van der Waals surface area (Å²) in [6.45, 7) is 0. The predicted molar refractivity (Wildman–Crippen MR) is 85.9 cm³/mol. The SMILES string of the molecule is COc1ccc(-c2ccccc2Nc2ccccn2)cc1. The van der Waals surface area contributed by atoms with Crippen LogP contribution in [0.1, 0.15) is 0 Å². The van der Waals surface area contributed by atoms with Crippen molar-refractivity contribution in [2.75, 3.05) is 12.4 Å². The van der Waals surface area contributed by atoms with E-state index in [0.29, 0.717) is 0 Å². The van der Waals surface area contributed by atoms with Crippen molar-refractivity contribution in [3.63, 3.8) is 0 Å². The summed E-state index contributed by atoms with van der Waals surface area (Å²) in [5.74, 6) is 1.69. The molecule has 0 amide bonds. The Morgan fingerprint density at radius 2 is 1.62 bits per heavy atom. The predicted octanol–water partition coefficient (Wildman–Crippen LogP) is 4.50. The standard InChI is InChI=1S/C18H16N2O/c1-21-15-11-9-14(10-12-15)16-6-2-3-7-17(16)20-18-8-4-5-13-19-18/h2-13H,1H3,(H,19,20). The fraction of sp³-hybridized carbons (Fsp3) is 0.0556. The minimum absolute atomic E-state index is 0.832. The Kier molecular flexibility index (Phi) is 3.83. The Morgan fingerprint density at radius 1 is 0.857 bits per heavy atom. The summed E-state index contributed by atoms with van der Waals surface area (Å²) in [5.41, 5.74) is 3.29. The minimum atomic E-state index is 0.832. The molecule has 1 N–H and O–H groups in total. The number of methoxy groups -OCH3 is 1. The average Bonchev–Trinajstić information content (AvgIpc) is 2.56. The maximum atomic E-state index is 5.21. The number of benzene rings is 2. The number of nitrogens with zero attached hydrogens (tertiary/aromatic N) is 1. The average molecular weight is 276 g/mol. The molecule has 0 aliphatic carbocycles. The summed E-state index contributed by atoms with van der Waals surface area (Å²) in [6, 6.07) is 22.0. The summed E-state index contributed by atoms with van der Waals surface area (Å²) in [7, 11) is 1.67. The van der Waals surface area contributed by atoms with E-state index in [2.05, 4.69) is 28.5 Å². The highest BCUT2D eigenvalue weighted by Crippen LogP contribution is 2.30. The number of aromatic nitrogens is 1. The Labute approximate surface area is 124 Å². The Bertz CT molecular complexity index is 709. The molecule has 1 heterocycles. The van der Waals surface area contributed by atoms with Crippen molar-refractivity contribution in [2.45, 2.75) is 0 Å². The third-order valence-corrected chi connectivity index (χ3v) is 3.26. The zero-order valence-electron chi connectivity index (χ0n) is 11.8. The van der Waals surface area contributed by atoms with E-state index in [1.165, 1.54) is 0 Å². The third-order valence-electron chi connectivity index (χ3n) is 3.26. The third kappa shape index (κ3) is 3.03. The van der Waals surface area contributed by atoms with Crippen LogP contribution in [0.4, 0.5) is 11.5 Å². The lowest BCUT2D eigenvalue weighted by atomic mass is 10.0. The van der Waals surface area contributed by atoms with Gasteiger partial charge in [-0.25, -0.2) is 4.98 Å². The molecular formula is C18H16N2O. The van der Waals surface area contributed by atoms with Crippen LogP contribution >= 0.6 is 0 Å². The van der Waals surface area contributed by atoms with E-state index in [9.17, 15) is 0 Å². The molecule has 0 unspecified atom stereocenters. The molecule has 2 aromatic carbocycles. The number of para-hydroxylation sites is 1. The maximum Gasteiger partial charge on any atom is 0.130 e. The molecule has 104 valence electrons. The number of anilines is 2. The number of nitrogens with one attached hydrogen (secondary N) is 1. The zero-order valence-corrected chi connectivity index (χ0v) is 11.8. The van der Waals surface area contributed by atoms with Crippen molar-refractivity contribution in [3.8, 4) is 16.9 Å². The molecule has 3 heteroatoms. The lowest BCUT2D eigenvalue weighted by molar-refractivity contribution is 0.415. The van der Waals surface area contributed by atoms with Gasteiger partial charge in [0.1, 0.15) is 11.6 Å². The van der Waals surface area contributed by atoms with E-state index < -0.39 is 0 Å².